The van der Waals surface area contributed by atoms with E-state index in [1.54, 1.807) is 31.4 Å². The van der Waals surface area contributed by atoms with E-state index < -0.39 is 24.4 Å². The van der Waals surface area contributed by atoms with Crippen LogP contribution in [0.3, 0.4) is 0 Å². The van der Waals surface area contributed by atoms with Crippen LogP contribution in [-0.4, -0.2) is 36.3 Å². The Balaban J connectivity index is 1.96. The summed E-state index contributed by atoms with van der Waals surface area (Å²) >= 11 is 0. The van der Waals surface area contributed by atoms with Gasteiger partial charge in [0, 0.05) is 16.6 Å². The number of allylic oxidation sites excluding steroid dienone is 1. The Bertz CT molecular complexity index is 1230. The molecule has 5 nitrogen and oxygen atoms in total. The van der Waals surface area contributed by atoms with Crippen molar-refractivity contribution in [2.45, 2.75) is 51.9 Å². The number of hydrogen-bond donors (Lipinski definition) is 1. The molecule has 186 valence electrons. The number of hydrogen-bond acceptors (Lipinski definition) is 5. The third kappa shape index (κ3) is 5.03. The fourth-order valence-corrected chi connectivity index (χ4v) is 4.20. The summed E-state index contributed by atoms with van der Waals surface area (Å²) in [6.45, 7) is 9.81. The molecule has 1 aliphatic rings. The Morgan fingerprint density at radius 1 is 0.833 bits per heavy atom. The number of ketones is 1. The fourth-order valence-electron chi connectivity index (χ4n) is 4.20. The van der Waals surface area contributed by atoms with E-state index in [9.17, 15) is 9.90 Å². The molecule has 36 heavy (non-hydrogen) atoms. The van der Waals surface area contributed by atoms with Crippen molar-refractivity contribution in [1.82, 2.24) is 0 Å². The van der Waals surface area contributed by atoms with Gasteiger partial charge in [0.2, 0.25) is 0 Å². The van der Waals surface area contributed by atoms with Crippen LogP contribution in [0.5, 0.6) is 5.75 Å². The highest BCUT2D eigenvalue weighted by Gasteiger charge is 2.54. The Kier molecular flexibility index (Phi) is 7.23. The van der Waals surface area contributed by atoms with Crippen molar-refractivity contribution in [2.24, 2.45) is 0 Å². The van der Waals surface area contributed by atoms with E-state index in [4.69, 9.17) is 14.0 Å². The lowest BCUT2D eigenvalue weighted by atomic mass is 9.68. The predicted octanol–water partition coefficient (Wildman–Crippen LogP) is 6.01. The zero-order chi connectivity index (χ0) is 26.1. The molecule has 3 aromatic rings. The van der Waals surface area contributed by atoms with Gasteiger partial charge in [0.15, 0.2) is 5.78 Å². The van der Waals surface area contributed by atoms with Crippen LogP contribution in [0.1, 0.15) is 60.8 Å². The maximum absolute atomic E-state index is 14.1. The molecule has 1 N–H and O–H groups in total. The van der Waals surface area contributed by atoms with Gasteiger partial charge in [-0.25, -0.2) is 0 Å². The number of aliphatic hydroxyl groups is 1. The number of aryl methyl sites for hydroxylation is 1. The molecule has 1 saturated heterocycles. The van der Waals surface area contributed by atoms with Gasteiger partial charge in [-0.05, 0) is 70.0 Å². The standard InChI is InChI=1S/C30H33BO5/c1-20-12-14-23(15-13-20)28(33)26(31-35-29(2,3)30(4,5)36-31)25(21-10-8-7-9-11-21)27(32)22-16-18-24(34-6)19-17-22/h7-19,28,33H,1-6H3/b26-25+. The van der Waals surface area contributed by atoms with Crippen LogP contribution in [0.4, 0.5) is 0 Å². The van der Waals surface area contributed by atoms with Gasteiger partial charge < -0.3 is 19.2 Å². The summed E-state index contributed by atoms with van der Waals surface area (Å²) in [6, 6.07) is 23.9. The molecule has 3 aromatic carbocycles. The lowest BCUT2D eigenvalue weighted by molar-refractivity contribution is 0.00578. The third-order valence-corrected chi connectivity index (χ3v) is 7.13. The summed E-state index contributed by atoms with van der Waals surface area (Å²) in [7, 11) is 0.657. The quantitative estimate of drug-likeness (QED) is 0.253. The van der Waals surface area contributed by atoms with E-state index in [-0.39, 0.29) is 5.78 Å². The van der Waals surface area contributed by atoms with Crippen molar-refractivity contribution in [3.63, 3.8) is 0 Å². The van der Waals surface area contributed by atoms with Crippen LogP contribution in [0.2, 0.25) is 0 Å². The van der Waals surface area contributed by atoms with E-state index >= 15 is 0 Å². The largest absolute Gasteiger partial charge is 0.497 e. The molecule has 0 amide bonds. The minimum Gasteiger partial charge on any atom is -0.497 e. The van der Waals surface area contributed by atoms with Gasteiger partial charge in [-0.3, -0.25) is 4.79 Å². The van der Waals surface area contributed by atoms with Gasteiger partial charge in [0.1, 0.15) is 5.75 Å². The summed E-state index contributed by atoms with van der Waals surface area (Å²) < 4.78 is 18.1. The SMILES string of the molecule is COc1ccc(C(=O)/C(=C(/B2OC(C)(C)C(C)(C)O2)C(O)c2ccc(C)cc2)c2ccccc2)cc1. The van der Waals surface area contributed by atoms with Gasteiger partial charge in [-0.15, -0.1) is 0 Å². The van der Waals surface area contributed by atoms with Gasteiger partial charge >= 0.3 is 7.12 Å². The molecule has 0 aromatic heterocycles. The molecular weight excluding hydrogens is 451 g/mol. The molecule has 1 fully saturated rings. The van der Waals surface area contributed by atoms with Crippen molar-refractivity contribution >= 4 is 18.5 Å². The Hall–Kier alpha value is -3.19. The number of benzene rings is 3. The van der Waals surface area contributed by atoms with E-state index in [0.29, 0.717) is 33.5 Å². The number of carbonyl (C=O) groups excluding carboxylic acids is 1. The van der Waals surface area contributed by atoms with Crippen LogP contribution >= 0.6 is 0 Å². The number of aliphatic hydroxyl groups excluding tert-OH is 1. The highest BCUT2D eigenvalue weighted by atomic mass is 16.7. The van der Waals surface area contributed by atoms with Crippen LogP contribution in [0.15, 0.2) is 84.3 Å². The molecule has 0 saturated carbocycles. The van der Waals surface area contributed by atoms with Gasteiger partial charge in [-0.2, -0.15) is 0 Å². The minimum absolute atomic E-state index is 0.236. The molecule has 0 aliphatic carbocycles. The average molecular weight is 484 g/mol. The Labute approximate surface area is 213 Å². The summed E-state index contributed by atoms with van der Waals surface area (Å²) in [4.78, 5) is 14.1. The monoisotopic (exact) mass is 484 g/mol. The molecule has 1 heterocycles. The second-order valence-electron chi connectivity index (χ2n) is 10.2. The summed E-state index contributed by atoms with van der Waals surface area (Å²) in [6.07, 6.45) is -1.13. The summed E-state index contributed by atoms with van der Waals surface area (Å²) in [5, 5.41) is 11.8. The molecule has 1 atom stereocenters. The smallest absolute Gasteiger partial charge is 0.494 e. The van der Waals surface area contributed by atoms with E-state index in [0.717, 1.165) is 5.56 Å². The molecule has 4 rings (SSSR count). The lowest BCUT2D eigenvalue weighted by Crippen LogP contribution is -2.41. The molecule has 0 bridgehead atoms. The number of rotatable bonds is 7. The number of ether oxygens (including phenoxy) is 1. The first-order valence-corrected chi connectivity index (χ1v) is 12.1. The zero-order valence-electron chi connectivity index (χ0n) is 21.7. The molecule has 1 unspecified atom stereocenters. The van der Waals surface area contributed by atoms with Crippen molar-refractivity contribution in [3.05, 3.63) is 107 Å². The number of Topliss-reactive ketones (excluding diaryl/α,β-unsaturated/α-hetero) is 1. The molecule has 1 aliphatic heterocycles. The zero-order valence-corrected chi connectivity index (χ0v) is 21.7. The van der Waals surface area contributed by atoms with E-state index in [2.05, 4.69) is 0 Å². The topological polar surface area (TPSA) is 65.0 Å². The maximum Gasteiger partial charge on any atom is 0.494 e. The van der Waals surface area contributed by atoms with Crippen molar-refractivity contribution < 1.29 is 23.9 Å². The third-order valence-electron chi connectivity index (χ3n) is 7.13. The molecule has 0 spiro atoms. The molecule has 0 radical (unpaired) electrons. The normalized spacial score (nSPS) is 17.9. The van der Waals surface area contributed by atoms with Crippen LogP contribution in [0, 0.1) is 6.92 Å². The van der Waals surface area contributed by atoms with Crippen molar-refractivity contribution in [3.8, 4) is 5.75 Å². The maximum atomic E-state index is 14.1. The second-order valence-corrected chi connectivity index (χ2v) is 10.2. The first kappa shape index (κ1) is 25.9. The molecule has 6 heteroatoms. The van der Waals surface area contributed by atoms with Crippen LogP contribution in [-0.2, 0) is 9.31 Å². The van der Waals surface area contributed by atoms with Crippen LogP contribution in [0.25, 0.3) is 5.57 Å². The fraction of sp³-hybridized carbons (Fsp3) is 0.300. The lowest BCUT2D eigenvalue weighted by Gasteiger charge is -2.32. The van der Waals surface area contributed by atoms with Gasteiger partial charge in [-0.1, -0.05) is 60.2 Å². The summed E-state index contributed by atoms with van der Waals surface area (Å²) in [5.74, 6) is 0.419. The minimum atomic E-state index is -1.13. The average Bonchev–Trinajstić information content (AvgIpc) is 3.08. The van der Waals surface area contributed by atoms with Crippen molar-refractivity contribution in [1.29, 1.82) is 0 Å². The Morgan fingerprint density at radius 3 is 1.92 bits per heavy atom. The predicted molar refractivity (Wildman–Crippen MR) is 143 cm³/mol. The van der Waals surface area contributed by atoms with Crippen molar-refractivity contribution in [2.75, 3.05) is 7.11 Å². The number of carbonyl (C=O) groups is 1. The first-order valence-electron chi connectivity index (χ1n) is 12.1. The van der Waals surface area contributed by atoms with E-state index in [1.807, 2.05) is 89.2 Å². The molecular formula is C30H33BO5. The van der Waals surface area contributed by atoms with Gasteiger partial charge in [0.25, 0.3) is 0 Å². The number of methoxy groups -OCH3 is 1. The second kappa shape index (κ2) is 10.1. The summed E-state index contributed by atoms with van der Waals surface area (Å²) in [5.41, 5.74) is 2.30. The highest BCUT2D eigenvalue weighted by Crippen LogP contribution is 2.43. The first-order chi connectivity index (χ1) is 17.0. The van der Waals surface area contributed by atoms with Crippen LogP contribution < -0.4 is 4.74 Å². The van der Waals surface area contributed by atoms with Gasteiger partial charge in [0.05, 0.1) is 24.4 Å². The Morgan fingerprint density at radius 2 is 1.39 bits per heavy atom. The highest BCUT2D eigenvalue weighted by molar-refractivity contribution is 6.59. The van der Waals surface area contributed by atoms with E-state index in [1.165, 1.54) is 0 Å².